The largest absolute Gasteiger partial charge is 0.441 e. The van der Waals surface area contributed by atoms with Crippen LogP contribution in [0.5, 0.6) is 0 Å². The fourth-order valence-electron chi connectivity index (χ4n) is 2.80. The minimum absolute atomic E-state index is 0.828. The zero-order chi connectivity index (χ0) is 15.9. The van der Waals surface area contributed by atoms with E-state index in [1.165, 1.54) is 38.5 Å². The Labute approximate surface area is 136 Å². The SMILES string of the molecule is CCCCCCCCCc1nc2ccc(-n3cnnc3)cc2o1. The Hall–Kier alpha value is -2.17. The topological polar surface area (TPSA) is 56.7 Å². The third-order valence-corrected chi connectivity index (χ3v) is 4.13. The third kappa shape index (κ3) is 4.18. The van der Waals surface area contributed by atoms with E-state index in [9.17, 15) is 0 Å². The molecule has 0 aliphatic carbocycles. The van der Waals surface area contributed by atoms with Gasteiger partial charge in [0, 0.05) is 12.5 Å². The van der Waals surface area contributed by atoms with E-state index in [2.05, 4.69) is 22.1 Å². The minimum atomic E-state index is 0.828. The molecule has 5 heteroatoms. The van der Waals surface area contributed by atoms with Gasteiger partial charge in [-0.1, -0.05) is 45.4 Å². The average molecular weight is 312 g/mol. The second-order valence-electron chi connectivity index (χ2n) is 6.00. The van der Waals surface area contributed by atoms with E-state index in [-0.39, 0.29) is 0 Å². The Morgan fingerprint density at radius 3 is 2.48 bits per heavy atom. The first-order chi connectivity index (χ1) is 11.4. The molecule has 1 aromatic carbocycles. The Balaban J connectivity index is 1.54. The van der Waals surface area contributed by atoms with Gasteiger partial charge >= 0.3 is 0 Å². The first kappa shape index (κ1) is 15.7. The van der Waals surface area contributed by atoms with Crippen LogP contribution in [0.2, 0.25) is 0 Å². The Kier molecular flexibility index (Phi) is 5.40. The van der Waals surface area contributed by atoms with Crippen LogP contribution in [-0.4, -0.2) is 19.7 Å². The van der Waals surface area contributed by atoms with Crippen LogP contribution in [0.15, 0.2) is 35.3 Å². The molecule has 0 radical (unpaired) electrons. The Morgan fingerprint density at radius 1 is 0.957 bits per heavy atom. The molecular formula is C18H24N4O. The van der Waals surface area contributed by atoms with Gasteiger partial charge in [0.2, 0.25) is 0 Å². The lowest BCUT2D eigenvalue weighted by Gasteiger charge is -1.99. The molecule has 0 amide bonds. The van der Waals surface area contributed by atoms with Crippen LogP contribution < -0.4 is 0 Å². The molecule has 122 valence electrons. The van der Waals surface area contributed by atoms with Gasteiger partial charge in [-0.3, -0.25) is 4.57 Å². The number of aryl methyl sites for hydroxylation is 1. The summed E-state index contributed by atoms with van der Waals surface area (Å²) < 4.78 is 7.75. The summed E-state index contributed by atoms with van der Waals surface area (Å²) in [7, 11) is 0. The number of benzene rings is 1. The van der Waals surface area contributed by atoms with Gasteiger partial charge in [-0.05, 0) is 18.6 Å². The summed E-state index contributed by atoms with van der Waals surface area (Å²) >= 11 is 0. The van der Waals surface area contributed by atoms with Crippen molar-refractivity contribution in [1.82, 2.24) is 19.7 Å². The molecule has 3 aromatic rings. The van der Waals surface area contributed by atoms with Crippen LogP contribution in [0.25, 0.3) is 16.8 Å². The number of nitrogens with zero attached hydrogens (tertiary/aromatic N) is 4. The molecule has 0 unspecified atom stereocenters. The first-order valence-electron chi connectivity index (χ1n) is 8.61. The molecule has 0 saturated carbocycles. The molecule has 2 heterocycles. The summed E-state index contributed by atoms with van der Waals surface area (Å²) in [6, 6.07) is 5.98. The van der Waals surface area contributed by atoms with Gasteiger partial charge in [-0.25, -0.2) is 4.98 Å². The molecule has 23 heavy (non-hydrogen) atoms. The maximum atomic E-state index is 5.89. The fraction of sp³-hybridized carbons (Fsp3) is 0.500. The van der Waals surface area contributed by atoms with Crippen LogP contribution in [0.3, 0.4) is 0 Å². The Morgan fingerprint density at radius 2 is 1.70 bits per heavy atom. The highest BCUT2D eigenvalue weighted by Gasteiger charge is 2.07. The van der Waals surface area contributed by atoms with Crippen molar-refractivity contribution in [1.29, 1.82) is 0 Å². The molecule has 0 N–H and O–H groups in total. The monoisotopic (exact) mass is 312 g/mol. The van der Waals surface area contributed by atoms with Crippen molar-refractivity contribution in [3.8, 4) is 5.69 Å². The average Bonchev–Trinajstić information content (AvgIpc) is 3.22. The van der Waals surface area contributed by atoms with Crippen LogP contribution >= 0.6 is 0 Å². The van der Waals surface area contributed by atoms with Crippen LogP contribution in [-0.2, 0) is 6.42 Å². The number of hydrogen-bond acceptors (Lipinski definition) is 4. The summed E-state index contributed by atoms with van der Waals surface area (Å²) in [5.41, 5.74) is 2.73. The smallest absolute Gasteiger partial charge is 0.195 e. The predicted molar refractivity (Wildman–Crippen MR) is 90.6 cm³/mol. The zero-order valence-electron chi connectivity index (χ0n) is 13.7. The number of oxazole rings is 1. The van der Waals surface area contributed by atoms with E-state index in [0.717, 1.165) is 35.5 Å². The molecule has 2 aromatic heterocycles. The molecule has 0 aliphatic rings. The third-order valence-electron chi connectivity index (χ3n) is 4.13. The summed E-state index contributed by atoms with van der Waals surface area (Å²) in [5.74, 6) is 0.842. The van der Waals surface area contributed by atoms with Gasteiger partial charge in [0.25, 0.3) is 0 Å². The normalized spacial score (nSPS) is 11.3. The number of unbranched alkanes of at least 4 members (excludes halogenated alkanes) is 6. The van der Waals surface area contributed by atoms with Gasteiger partial charge in [0.1, 0.15) is 18.2 Å². The van der Waals surface area contributed by atoms with Crippen LogP contribution in [0.4, 0.5) is 0 Å². The molecule has 0 spiro atoms. The number of fused-ring (bicyclic) bond motifs is 1. The van der Waals surface area contributed by atoms with Crippen molar-refractivity contribution in [2.24, 2.45) is 0 Å². The van der Waals surface area contributed by atoms with Crippen molar-refractivity contribution in [2.75, 3.05) is 0 Å². The molecule has 0 saturated heterocycles. The van der Waals surface area contributed by atoms with E-state index >= 15 is 0 Å². The van der Waals surface area contributed by atoms with Crippen LogP contribution in [0.1, 0.15) is 57.8 Å². The maximum absolute atomic E-state index is 5.89. The molecule has 0 bridgehead atoms. The highest BCUT2D eigenvalue weighted by atomic mass is 16.3. The van der Waals surface area contributed by atoms with E-state index in [0.29, 0.717) is 0 Å². The lowest BCUT2D eigenvalue weighted by molar-refractivity contribution is 0.503. The second-order valence-corrected chi connectivity index (χ2v) is 6.00. The van der Waals surface area contributed by atoms with Gasteiger partial charge in [0.15, 0.2) is 11.5 Å². The molecular weight excluding hydrogens is 288 g/mol. The van der Waals surface area contributed by atoms with Gasteiger partial charge in [-0.2, -0.15) is 0 Å². The number of rotatable bonds is 9. The molecule has 0 fully saturated rings. The minimum Gasteiger partial charge on any atom is -0.441 e. The first-order valence-corrected chi connectivity index (χ1v) is 8.61. The summed E-state index contributed by atoms with van der Waals surface area (Å²) in [6.45, 7) is 2.25. The van der Waals surface area contributed by atoms with E-state index < -0.39 is 0 Å². The highest BCUT2D eigenvalue weighted by Crippen LogP contribution is 2.20. The quantitative estimate of drug-likeness (QED) is 0.537. The Bertz CT molecular complexity index is 718. The summed E-state index contributed by atoms with van der Waals surface area (Å²) in [4.78, 5) is 4.58. The van der Waals surface area contributed by atoms with Gasteiger partial charge < -0.3 is 4.42 Å². The van der Waals surface area contributed by atoms with Crippen molar-refractivity contribution < 1.29 is 4.42 Å². The maximum Gasteiger partial charge on any atom is 0.195 e. The molecule has 0 atom stereocenters. The van der Waals surface area contributed by atoms with E-state index in [1.54, 1.807) is 12.7 Å². The van der Waals surface area contributed by atoms with Crippen molar-refractivity contribution >= 4 is 11.1 Å². The summed E-state index contributed by atoms with van der Waals surface area (Å²) in [6.07, 6.45) is 13.4. The summed E-state index contributed by atoms with van der Waals surface area (Å²) in [5, 5.41) is 7.65. The van der Waals surface area contributed by atoms with E-state index in [4.69, 9.17) is 4.42 Å². The standard InChI is InChI=1S/C18H24N4O/c1-2-3-4-5-6-7-8-9-18-21-16-11-10-15(12-17(16)23-18)22-13-19-20-14-22/h10-14H,2-9H2,1H3. The molecule has 0 aliphatic heterocycles. The van der Waals surface area contributed by atoms with E-state index in [1.807, 2.05) is 22.8 Å². The van der Waals surface area contributed by atoms with Crippen molar-refractivity contribution in [3.05, 3.63) is 36.7 Å². The molecule has 3 rings (SSSR count). The number of hydrogen-bond donors (Lipinski definition) is 0. The lowest BCUT2D eigenvalue weighted by Crippen LogP contribution is -1.88. The molecule has 5 nitrogen and oxygen atoms in total. The van der Waals surface area contributed by atoms with Crippen molar-refractivity contribution in [3.63, 3.8) is 0 Å². The zero-order valence-corrected chi connectivity index (χ0v) is 13.7. The number of aromatic nitrogens is 4. The van der Waals surface area contributed by atoms with Gasteiger partial charge in [-0.15, -0.1) is 10.2 Å². The van der Waals surface area contributed by atoms with Gasteiger partial charge in [0.05, 0.1) is 5.69 Å². The predicted octanol–water partition coefficient (Wildman–Crippen LogP) is 4.70. The van der Waals surface area contributed by atoms with Crippen LogP contribution in [0, 0.1) is 0 Å². The fourth-order valence-corrected chi connectivity index (χ4v) is 2.80. The van der Waals surface area contributed by atoms with Crippen molar-refractivity contribution in [2.45, 2.75) is 58.3 Å². The second kappa shape index (κ2) is 7.90. The highest BCUT2D eigenvalue weighted by molar-refractivity contribution is 5.75. The lowest BCUT2D eigenvalue weighted by atomic mass is 10.1.